The molecule has 112 valence electrons. The van der Waals surface area contributed by atoms with Crippen LogP contribution < -0.4 is 11.1 Å². The Morgan fingerprint density at radius 3 is 2.57 bits per heavy atom. The molecule has 4 nitrogen and oxygen atoms in total. The molecule has 1 amide bonds. The highest BCUT2D eigenvalue weighted by Crippen LogP contribution is 2.23. The first-order valence-electron chi connectivity index (χ1n) is 7.35. The first kappa shape index (κ1) is 15.3. The lowest BCUT2D eigenvalue weighted by Gasteiger charge is -2.21. The molecule has 2 aromatic rings. The van der Waals surface area contributed by atoms with Crippen LogP contribution in [-0.4, -0.2) is 12.5 Å². The molecule has 1 heterocycles. The Labute approximate surface area is 125 Å². The van der Waals surface area contributed by atoms with E-state index in [1.165, 1.54) is 0 Å². The smallest absolute Gasteiger partial charge is 0.225 e. The first-order chi connectivity index (χ1) is 10.3. The van der Waals surface area contributed by atoms with Gasteiger partial charge in [0.15, 0.2) is 0 Å². The number of carbonyl (C=O) groups is 1. The van der Waals surface area contributed by atoms with E-state index in [-0.39, 0.29) is 17.9 Å². The summed E-state index contributed by atoms with van der Waals surface area (Å²) in [5.41, 5.74) is 6.70. The van der Waals surface area contributed by atoms with Gasteiger partial charge in [-0.1, -0.05) is 43.7 Å². The molecule has 3 N–H and O–H groups in total. The summed E-state index contributed by atoms with van der Waals surface area (Å²) in [7, 11) is 0. The van der Waals surface area contributed by atoms with Crippen LogP contribution in [0.2, 0.25) is 0 Å². The van der Waals surface area contributed by atoms with Crippen molar-refractivity contribution in [1.29, 1.82) is 0 Å². The van der Waals surface area contributed by atoms with E-state index < -0.39 is 0 Å². The molecular formula is C17H22N2O2. The van der Waals surface area contributed by atoms with E-state index in [1.54, 1.807) is 6.26 Å². The summed E-state index contributed by atoms with van der Waals surface area (Å²) < 4.78 is 5.48. The molecule has 1 aromatic heterocycles. The molecule has 2 atom stereocenters. The quantitative estimate of drug-likeness (QED) is 0.822. The predicted molar refractivity (Wildman–Crippen MR) is 82.6 cm³/mol. The van der Waals surface area contributed by atoms with Crippen LogP contribution in [0.15, 0.2) is 53.1 Å². The second kappa shape index (κ2) is 7.64. The normalized spacial score (nSPS) is 13.6. The van der Waals surface area contributed by atoms with Crippen LogP contribution in [0, 0.1) is 5.92 Å². The van der Waals surface area contributed by atoms with Gasteiger partial charge in [-0.15, -0.1) is 0 Å². The van der Waals surface area contributed by atoms with Crippen LogP contribution in [0.4, 0.5) is 0 Å². The van der Waals surface area contributed by atoms with Gasteiger partial charge >= 0.3 is 0 Å². The van der Waals surface area contributed by atoms with Crippen molar-refractivity contribution in [2.45, 2.75) is 25.8 Å². The Morgan fingerprint density at radius 2 is 2.00 bits per heavy atom. The number of hydrogen-bond acceptors (Lipinski definition) is 3. The summed E-state index contributed by atoms with van der Waals surface area (Å²) in [6, 6.07) is 13.2. The van der Waals surface area contributed by atoms with E-state index in [0.29, 0.717) is 6.54 Å². The third-order valence-corrected chi connectivity index (χ3v) is 3.54. The van der Waals surface area contributed by atoms with Gasteiger partial charge in [-0.2, -0.15) is 0 Å². The maximum absolute atomic E-state index is 12.4. The molecule has 0 aliphatic rings. The topological polar surface area (TPSA) is 68.3 Å². The Balaban J connectivity index is 2.19. The molecule has 2 unspecified atom stereocenters. The molecule has 0 radical (unpaired) electrons. The number of nitrogens with one attached hydrogen (secondary N) is 1. The van der Waals surface area contributed by atoms with Gasteiger partial charge < -0.3 is 15.5 Å². The second-order valence-corrected chi connectivity index (χ2v) is 5.09. The van der Waals surface area contributed by atoms with E-state index in [4.69, 9.17) is 10.2 Å². The fraction of sp³-hybridized carbons (Fsp3) is 0.353. The zero-order valence-corrected chi connectivity index (χ0v) is 12.3. The molecule has 21 heavy (non-hydrogen) atoms. The van der Waals surface area contributed by atoms with Crippen molar-refractivity contribution in [2.75, 3.05) is 6.54 Å². The van der Waals surface area contributed by atoms with Gasteiger partial charge in [0, 0.05) is 6.54 Å². The highest BCUT2D eigenvalue weighted by Gasteiger charge is 2.23. The van der Waals surface area contributed by atoms with Crippen molar-refractivity contribution < 1.29 is 9.21 Å². The van der Waals surface area contributed by atoms with Gasteiger partial charge in [-0.25, -0.2) is 0 Å². The van der Waals surface area contributed by atoms with Gasteiger partial charge in [0.2, 0.25) is 5.91 Å². The lowest BCUT2D eigenvalue weighted by atomic mass is 10.00. The SMILES string of the molecule is CCCC(CN)C(=O)NC(c1ccccc1)c1ccco1. The van der Waals surface area contributed by atoms with Gasteiger partial charge in [-0.3, -0.25) is 4.79 Å². The van der Waals surface area contributed by atoms with Crippen molar-refractivity contribution in [3.05, 3.63) is 60.1 Å². The van der Waals surface area contributed by atoms with Crippen LogP contribution in [-0.2, 0) is 4.79 Å². The van der Waals surface area contributed by atoms with Crippen LogP contribution in [0.3, 0.4) is 0 Å². The Morgan fingerprint density at radius 1 is 1.24 bits per heavy atom. The molecule has 0 saturated carbocycles. The van der Waals surface area contributed by atoms with Gasteiger partial charge in [0.1, 0.15) is 11.8 Å². The van der Waals surface area contributed by atoms with E-state index in [9.17, 15) is 4.79 Å². The molecule has 1 aromatic carbocycles. The molecule has 0 bridgehead atoms. The van der Waals surface area contributed by atoms with Crippen molar-refractivity contribution in [2.24, 2.45) is 11.7 Å². The summed E-state index contributed by atoms with van der Waals surface area (Å²) in [6.07, 6.45) is 3.35. The number of rotatable bonds is 7. The van der Waals surface area contributed by atoms with Crippen molar-refractivity contribution in [3.8, 4) is 0 Å². The third kappa shape index (κ3) is 3.95. The minimum atomic E-state index is -0.278. The summed E-state index contributed by atoms with van der Waals surface area (Å²) in [5, 5.41) is 3.06. The second-order valence-electron chi connectivity index (χ2n) is 5.09. The van der Waals surface area contributed by atoms with Gasteiger partial charge in [0.05, 0.1) is 12.2 Å². The number of benzene rings is 1. The molecule has 4 heteroatoms. The first-order valence-corrected chi connectivity index (χ1v) is 7.35. The van der Waals surface area contributed by atoms with Crippen molar-refractivity contribution in [1.82, 2.24) is 5.32 Å². The lowest BCUT2D eigenvalue weighted by molar-refractivity contribution is -0.125. The minimum Gasteiger partial charge on any atom is -0.467 e. The van der Waals surface area contributed by atoms with E-state index in [1.807, 2.05) is 42.5 Å². The summed E-state index contributed by atoms with van der Waals surface area (Å²) in [5.74, 6) is 0.544. The molecule has 0 fully saturated rings. The number of carbonyl (C=O) groups excluding carboxylic acids is 1. The minimum absolute atomic E-state index is 0.0235. The summed E-state index contributed by atoms with van der Waals surface area (Å²) in [4.78, 5) is 12.4. The maximum Gasteiger partial charge on any atom is 0.225 e. The van der Waals surface area contributed by atoms with Crippen LogP contribution in [0.1, 0.15) is 37.1 Å². The largest absolute Gasteiger partial charge is 0.467 e. The molecule has 0 aliphatic heterocycles. The molecule has 2 rings (SSSR count). The van der Waals surface area contributed by atoms with E-state index in [0.717, 1.165) is 24.2 Å². The Kier molecular flexibility index (Phi) is 5.58. The van der Waals surface area contributed by atoms with E-state index in [2.05, 4.69) is 12.2 Å². The monoisotopic (exact) mass is 286 g/mol. The Bertz CT molecular complexity index is 537. The average molecular weight is 286 g/mol. The molecule has 0 aliphatic carbocycles. The third-order valence-electron chi connectivity index (χ3n) is 3.54. The van der Waals surface area contributed by atoms with E-state index >= 15 is 0 Å². The van der Waals surface area contributed by atoms with Gasteiger partial charge in [-0.05, 0) is 24.1 Å². The lowest BCUT2D eigenvalue weighted by Crippen LogP contribution is -2.37. The van der Waals surface area contributed by atoms with Crippen LogP contribution in [0.5, 0.6) is 0 Å². The van der Waals surface area contributed by atoms with Crippen LogP contribution >= 0.6 is 0 Å². The fourth-order valence-electron chi connectivity index (χ4n) is 2.38. The highest BCUT2D eigenvalue weighted by molar-refractivity contribution is 5.79. The van der Waals surface area contributed by atoms with Crippen molar-refractivity contribution >= 4 is 5.91 Å². The van der Waals surface area contributed by atoms with Gasteiger partial charge in [0.25, 0.3) is 0 Å². The Hall–Kier alpha value is -2.07. The average Bonchev–Trinajstić information content (AvgIpc) is 3.05. The highest BCUT2D eigenvalue weighted by atomic mass is 16.3. The van der Waals surface area contributed by atoms with Crippen molar-refractivity contribution in [3.63, 3.8) is 0 Å². The standard InChI is InChI=1S/C17H22N2O2/c1-2-7-14(12-18)17(20)19-16(15-10-6-11-21-15)13-8-4-3-5-9-13/h3-6,8-11,14,16H,2,7,12,18H2,1H3,(H,19,20). The number of hydrogen-bond donors (Lipinski definition) is 2. The fourth-order valence-corrected chi connectivity index (χ4v) is 2.38. The van der Waals surface area contributed by atoms with Crippen LogP contribution in [0.25, 0.3) is 0 Å². The maximum atomic E-state index is 12.4. The molecule has 0 saturated heterocycles. The zero-order chi connectivity index (χ0) is 15.1. The summed E-state index contributed by atoms with van der Waals surface area (Å²) >= 11 is 0. The number of amides is 1. The molecular weight excluding hydrogens is 264 g/mol. The predicted octanol–water partition coefficient (Wildman–Crippen LogP) is 2.86. The number of nitrogens with two attached hydrogens (primary N) is 1. The zero-order valence-electron chi connectivity index (χ0n) is 12.3. The summed E-state index contributed by atoms with van der Waals surface area (Å²) in [6.45, 7) is 2.41. The number of furan rings is 1. The molecule has 0 spiro atoms.